The van der Waals surface area contributed by atoms with Crippen molar-refractivity contribution in [3.8, 4) is 0 Å². The molecule has 0 unspecified atom stereocenters. The summed E-state index contributed by atoms with van der Waals surface area (Å²) in [6.45, 7) is 2.05. The van der Waals surface area contributed by atoms with Gasteiger partial charge in [-0.05, 0) is 42.3 Å². The predicted octanol–water partition coefficient (Wildman–Crippen LogP) is 3.97. The average molecular weight is 384 g/mol. The van der Waals surface area contributed by atoms with Gasteiger partial charge in [0.05, 0.1) is 23.7 Å². The summed E-state index contributed by atoms with van der Waals surface area (Å²) in [5.41, 5.74) is 3.07. The molecule has 1 heterocycles. The monoisotopic (exact) mass is 384 g/mol. The Morgan fingerprint density at radius 3 is 2.14 bits per heavy atom. The molecule has 5 nitrogen and oxygen atoms in total. The van der Waals surface area contributed by atoms with Crippen molar-refractivity contribution >= 4 is 17.7 Å². The van der Waals surface area contributed by atoms with Crippen LogP contribution in [0.4, 0.5) is 0 Å². The van der Waals surface area contributed by atoms with E-state index < -0.39 is 0 Å². The van der Waals surface area contributed by atoms with E-state index in [1.165, 1.54) is 4.90 Å². The van der Waals surface area contributed by atoms with E-state index in [9.17, 15) is 14.4 Å². The lowest BCUT2D eigenvalue weighted by atomic mass is 10.1. The fourth-order valence-corrected chi connectivity index (χ4v) is 3.48. The van der Waals surface area contributed by atoms with E-state index >= 15 is 0 Å². The largest absolute Gasteiger partial charge is 0.346 e. The van der Waals surface area contributed by atoms with Crippen molar-refractivity contribution < 1.29 is 14.4 Å². The van der Waals surface area contributed by atoms with Gasteiger partial charge in [0, 0.05) is 5.56 Å². The number of nitrogens with one attached hydrogen (secondary N) is 1. The summed E-state index contributed by atoms with van der Waals surface area (Å²) in [6, 6.07) is 23.4. The van der Waals surface area contributed by atoms with E-state index in [-0.39, 0.29) is 30.3 Å². The highest BCUT2D eigenvalue weighted by Crippen LogP contribution is 2.24. The van der Waals surface area contributed by atoms with Gasteiger partial charge in [-0.25, -0.2) is 0 Å². The zero-order valence-corrected chi connectivity index (χ0v) is 16.0. The van der Waals surface area contributed by atoms with Gasteiger partial charge in [0.15, 0.2) is 0 Å². The molecule has 0 saturated heterocycles. The van der Waals surface area contributed by atoms with Gasteiger partial charge < -0.3 is 5.32 Å². The maximum absolute atomic E-state index is 12.7. The van der Waals surface area contributed by atoms with Crippen LogP contribution in [0.15, 0.2) is 78.9 Å². The molecule has 0 bridgehead atoms. The highest BCUT2D eigenvalue weighted by molar-refractivity contribution is 6.21. The fourth-order valence-electron chi connectivity index (χ4n) is 3.48. The molecule has 0 aliphatic carbocycles. The van der Waals surface area contributed by atoms with Crippen molar-refractivity contribution in [2.45, 2.75) is 19.5 Å². The van der Waals surface area contributed by atoms with Gasteiger partial charge in [0.1, 0.15) is 0 Å². The molecule has 1 aliphatic heterocycles. The van der Waals surface area contributed by atoms with Crippen LogP contribution in [-0.4, -0.2) is 22.6 Å². The summed E-state index contributed by atoms with van der Waals surface area (Å²) in [5.74, 6) is -0.818. The molecule has 4 rings (SSSR count). The molecule has 0 spiro atoms. The lowest BCUT2D eigenvalue weighted by Gasteiger charge is -2.16. The smallest absolute Gasteiger partial charge is 0.261 e. The molecule has 1 N–H and O–H groups in total. The first-order valence-corrected chi connectivity index (χ1v) is 9.44. The molecule has 0 saturated carbocycles. The molecule has 3 amide bonds. The number of imide groups is 1. The minimum absolute atomic E-state index is 0.127. The van der Waals surface area contributed by atoms with Gasteiger partial charge in [-0.1, -0.05) is 54.6 Å². The van der Waals surface area contributed by atoms with Crippen molar-refractivity contribution in [3.63, 3.8) is 0 Å². The number of carbonyl (C=O) groups is 3. The average Bonchev–Trinajstić information content (AvgIpc) is 2.99. The summed E-state index contributed by atoms with van der Waals surface area (Å²) in [5, 5.41) is 2.98. The van der Waals surface area contributed by atoms with E-state index in [1.54, 1.807) is 48.5 Å². The lowest BCUT2D eigenvalue weighted by molar-refractivity contribution is 0.0642. The Balaban J connectivity index is 1.49. The summed E-state index contributed by atoms with van der Waals surface area (Å²) in [6.07, 6.45) is 0. The molecule has 1 atom stereocenters. The normalized spacial score (nSPS) is 13.9. The first-order valence-electron chi connectivity index (χ1n) is 9.44. The molecule has 3 aromatic rings. The second-order valence-corrected chi connectivity index (χ2v) is 7.05. The maximum atomic E-state index is 12.7. The van der Waals surface area contributed by atoms with E-state index in [4.69, 9.17) is 0 Å². The molecule has 0 radical (unpaired) electrons. The van der Waals surface area contributed by atoms with Gasteiger partial charge >= 0.3 is 0 Å². The quantitative estimate of drug-likeness (QED) is 0.677. The van der Waals surface area contributed by atoms with Crippen molar-refractivity contribution in [2.24, 2.45) is 0 Å². The van der Waals surface area contributed by atoms with Crippen LogP contribution < -0.4 is 5.32 Å². The highest BCUT2D eigenvalue weighted by atomic mass is 16.2. The highest BCUT2D eigenvalue weighted by Gasteiger charge is 2.35. The number of hydrogen-bond acceptors (Lipinski definition) is 3. The summed E-state index contributed by atoms with van der Waals surface area (Å²) in [4.78, 5) is 39.0. The van der Waals surface area contributed by atoms with Crippen LogP contribution in [0.1, 0.15) is 55.2 Å². The van der Waals surface area contributed by atoms with Crippen LogP contribution >= 0.6 is 0 Å². The van der Waals surface area contributed by atoms with Gasteiger partial charge in [-0.2, -0.15) is 0 Å². The van der Waals surface area contributed by atoms with E-state index in [1.807, 2.05) is 37.3 Å². The zero-order valence-electron chi connectivity index (χ0n) is 16.0. The molecular formula is C24H20N2O3. The number of carbonyl (C=O) groups excluding carboxylic acids is 3. The topological polar surface area (TPSA) is 66.5 Å². The maximum Gasteiger partial charge on any atom is 0.261 e. The minimum Gasteiger partial charge on any atom is -0.346 e. The van der Waals surface area contributed by atoms with Crippen molar-refractivity contribution in [1.29, 1.82) is 0 Å². The van der Waals surface area contributed by atoms with Crippen LogP contribution in [0, 0.1) is 0 Å². The molecule has 3 aromatic carbocycles. The number of fused-ring (bicyclic) bond motifs is 1. The van der Waals surface area contributed by atoms with E-state index in [0.29, 0.717) is 16.7 Å². The first-order chi connectivity index (χ1) is 14.0. The Morgan fingerprint density at radius 1 is 0.862 bits per heavy atom. The summed E-state index contributed by atoms with van der Waals surface area (Å²) < 4.78 is 0. The van der Waals surface area contributed by atoms with Crippen molar-refractivity contribution in [1.82, 2.24) is 10.2 Å². The second kappa shape index (κ2) is 7.72. The first kappa shape index (κ1) is 18.6. The summed E-state index contributed by atoms with van der Waals surface area (Å²) >= 11 is 0. The Morgan fingerprint density at radius 2 is 1.48 bits per heavy atom. The number of hydrogen-bond donors (Lipinski definition) is 1. The number of benzene rings is 3. The van der Waals surface area contributed by atoms with Gasteiger partial charge in [0.25, 0.3) is 17.7 Å². The van der Waals surface area contributed by atoms with E-state index in [0.717, 1.165) is 11.1 Å². The number of nitrogens with zero attached hydrogens (tertiary/aromatic N) is 1. The Kier molecular flexibility index (Phi) is 4.96. The lowest BCUT2D eigenvalue weighted by Crippen LogP contribution is -2.29. The van der Waals surface area contributed by atoms with Crippen LogP contribution in [-0.2, 0) is 6.54 Å². The Hall–Kier alpha value is -3.73. The van der Waals surface area contributed by atoms with Crippen molar-refractivity contribution in [3.05, 3.63) is 107 Å². The van der Waals surface area contributed by atoms with Crippen LogP contribution in [0.2, 0.25) is 0 Å². The predicted molar refractivity (Wildman–Crippen MR) is 109 cm³/mol. The fraction of sp³-hybridized carbons (Fsp3) is 0.125. The van der Waals surface area contributed by atoms with Crippen LogP contribution in [0.5, 0.6) is 0 Å². The molecular weight excluding hydrogens is 364 g/mol. The van der Waals surface area contributed by atoms with Gasteiger partial charge in [-0.3, -0.25) is 19.3 Å². The Labute approximate surface area is 169 Å². The number of rotatable bonds is 5. The van der Waals surface area contributed by atoms with Gasteiger partial charge in [0.2, 0.25) is 0 Å². The second-order valence-electron chi connectivity index (χ2n) is 7.05. The molecule has 5 heteroatoms. The molecule has 0 fully saturated rings. The third-order valence-electron chi connectivity index (χ3n) is 5.06. The van der Waals surface area contributed by atoms with Gasteiger partial charge in [-0.15, -0.1) is 0 Å². The van der Waals surface area contributed by atoms with Crippen molar-refractivity contribution in [2.75, 3.05) is 0 Å². The number of amides is 3. The molecule has 29 heavy (non-hydrogen) atoms. The molecule has 0 aromatic heterocycles. The third kappa shape index (κ3) is 3.67. The van der Waals surface area contributed by atoms with E-state index in [2.05, 4.69) is 5.32 Å². The molecule has 144 valence electrons. The van der Waals surface area contributed by atoms with Crippen LogP contribution in [0.3, 0.4) is 0 Å². The Bertz CT molecular complexity index is 1060. The minimum atomic E-state index is -0.307. The molecule has 1 aliphatic rings. The summed E-state index contributed by atoms with van der Waals surface area (Å²) in [7, 11) is 0. The zero-order chi connectivity index (χ0) is 20.4. The standard InChI is InChI=1S/C24H20N2O3/c1-16(18-9-3-2-4-10-18)25-22(27)19-11-7-8-17(14-19)15-26-23(28)20-12-5-6-13-21(20)24(26)29/h2-14,16H,15H2,1H3,(H,25,27)/t16-/m0/s1. The third-order valence-corrected chi connectivity index (χ3v) is 5.06. The SMILES string of the molecule is C[C@H](NC(=O)c1cccc(CN2C(=O)c3ccccc3C2=O)c1)c1ccccc1. The van der Waals surface area contributed by atoms with Crippen LogP contribution in [0.25, 0.3) is 0 Å².